The average molecular weight is 332 g/mol. The first-order chi connectivity index (χ1) is 11.1. The van der Waals surface area contributed by atoms with Crippen LogP contribution in [-0.2, 0) is 31.1 Å². The molecular formula is C15H20N6OS. The Hall–Kier alpha value is -1.96. The topological polar surface area (TPSA) is 85.6 Å². The summed E-state index contributed by atoms with van der Waals surface area (Å²) >= 11 is 1.37. The number of amides is 1. The monoisotopic (exact) mass is 332 g/mol. The maximum Gasteiger partial charge on any atom is 0.230 e. The Morgan fingerprint density at radius 1 is 1.39 bits per heavy atom. The zero-order valence-electron chi connectivity index (χ0n) is 13.4. The molecule has 0 atom stereocenters. The van der Waals surface area contributed by atoms with Gasteiger partial charge >= 0.3 is 0 Å². The summed E-state index contributed by atoms with van der Waals surface area (Å²) in [6.45, 7) is 2.60. The number of fused-ring (bicyclic) bond motifs is 1. The van der Waals surface area contributed by atoms with E-state index in [9.17, 15) is 4.79 Å². The van der Waals surface area contributed by atoms with Crippen LogP contribution in [0, 0.1) is 6.92 Å². The van der Waals surface area contributed by atoms with Gasteiger partial charge in [-0.3, -0.25) is 4.79 Å². The summed E-state index contributed by atoms with van der Waals surface area (Å²) in [7, 11) is 1.85. The number of carbonyl (C=O) groups is 1. The van der Waals surface area contributed by atoms with E-state index in [1.165, 1.54) is 29.4 Å². The Morgan fingerprint density at radius 3 is 3.04 bits per heavy atom. The van der Waals surface area contributed by atoms with Gasteiger partial charge in [0.1, 0.15) is 12.2 Å². The van der Waals surface area contributed by atoms with E-state index >= 15 is 0 Å². The lowest BCUT2D eigenvalue weighted by Gasteiger charge is -2.08. The van der Waals surface area contributed by atoms with Crippen molar-refractivity contribution < 1.29 is 4.79 Å². The molecule has 3 rings (SSSR count). The first-order valence-corrected chi connectivity index (χ1v) is 8.71. The molecular weight excluding hydrogens is 312 g/mol. The number of thioether (sulfide) groups is 1. The van der Waals surface area contributed by atoms with Crippen molar-refractivity contribution in [1.29, 1.82) is 0 Å². The molecule has 1 aliphatic carbocycles. The molecule has 0 radical (unpaired) electrons. The third-order valence-corrected chi connectivity index (χ3v) is 4.89. The summed E-state index contributed by atoms with van der Waals surface area (Å²) in [5.74, 6) is 1.14. The Bertz CT molecular complexity index is 714. The minimum atomic E-state index is -0.0177. The largest absolute Gasteiger partial charge is 0.355 e. The molecule has 122 valence electrons. The van der Waals surface area contributed by atoms with Gasteiger partial charge in [-0.2, -0.15) is 0 Å². The predicted octanol–water partition coefficient (Wildman–Crippen LogP) is 0.853. The fourth-order valence-corrected chi connectivity index (χ4v) is 3.41. The number of hydrogen-bond donors (Lipinski definition) is 1. The molecule has 23 heavy (non-hydrogen) atoms. The van der Waals surface area contributed by atoms with Gasteiger partial charge in [0, 0.05) is 31.4 Å². The van der Waals surface area contributed by atoms with Crippen LogP contribution in [0.25, 0.3) is 0 Å². The highest BCUT2D eigenvalue weighted by molar-refractivity contribution is 7.99. The summed E-state index contributed by atoms with van der Waals surface area (Å²) in [5.41, 5.74) is 3.60. The molecule has 2 aromatic heterocycles. The number of rotatable bonds is 6. The van der Waals surface area contributed by atoms with Crippen LogP contribution in [0.4, 0.5) is 0 Å². The van der Waals surface area contributed by atoms with Crippen LogP contribution in [0.2, 0.25) is 0 Å². The lowest BCUT2D eigenvalue weighted by Crippen LogP contribution is -2.28. The fourth-order valence-electron chi connectivity index (χ4n) is 2.69. The molecule has 1 N–H and O–H groups in total. The van der Waals surface area contributed by atoms with Crippen molar-refractivity contribution in [3.63, 3.8) is 0 Å². The predicted molar refractivity (Wildman–Crippen MR) is 87.2 cm³/mol. The second-order valence-corrected chi connectivity index (χ2v) is 6.56. The van der Waals surface area contributed by atoms with E-state index in [1.807, 2.05) is 14.0 Å². The molecule has 0 spiro atoms. The van der Waals surface area contributed by atoms with Crippen LogP contribution in [0.3, 0.4) is 0 Å². The molecule has 2 aromatic rings. The molecule has 0 bridgehead atoms. The zero-order chi connectivity index (χ0) is 16.2. The van der Waals surface area contributed by atoms with Crippen molar-refractivity contribution >= 4 is 17.7 Å². The minimum Gasteiger partial charge on any atom is -0.355 e. The van der Waals surface area contributed by atoms with E-state index in [0.717, 1.165) is 29.5 Å². The lowest BCUT2D eigenvalue weighted by molar-refractivity contribution is -0.118. The first kappa shape index (κ1) is 15.9. The molecule has 8 heteroatoms. The molecule has 0 aromatic carbocycles. The van der Waals surface area contributed by atoms with Crippen molar-refractivity contribution in [2.75, 3.05) is 12.3 Å². The Labute approximate surface area is 139 Å². The van der Waals surface area contributed by atoms with Gasteiger partial charge < -0.3 is 9.88 Å². The second-order valence-electron chi connectivity index (χ2n) is 5.62. The van der Waals surface area contributed by atoms with Crippen LogP contribution in [0.5, 0.6) is 0 Å². The SMILES string of the molecule is Cc1nc(CCNC(=O)CSc2nncn2C)nc2c1CCC2. The number of aromatic nitrogens is 5. The molecule has 0 fully saturated rings. The van der Waals surface area contributed by atoms with Crippen molar-refractivity contribution in [1.82, 2.24) is 30.0 Å². The van der Waals surface area contributed by atoms with Crippen LogP contribution in [-0.4, -0.2) is 42.9 Å². The van der Waals surface area contributed by atoms with E-state index < -0.39 is 0 Å². The molecule has 0 aliphatic heterocycles. The van der Waals surface area contributed by atoms with E-state index in [-0.39, 0.29) is 5.91 Å². The van der Waals surface area contributed by atoms with Crippen molar-refractivity contribution in [3.05, 3.63) is 29.1 Å². The Morgan fingerprint density at radius 2 is 2.26 bits per heavy atom. The van der Waals surface area contributed by atoms with Crippen molar-refractivity contribution in [2.24, 2.45) is 7.05 Å². The van der Waals surface area contributed by atoms with E-state index in [2.05, 4.69) is 25.5 Å². The molecule has 2 heterocycles. The average Bonchev–Trinajstić information content (AvgIpc) is 3.14. The van der Waals surface area contributed by atoms with Crippen molar-refractivity contribution in [3.8, 4) is 0 Å². The highest BCUT2D eigenvalue weighted by atomic mass is 32.2. The third-order valence-electron chi connectivity index (χ3n) is 3.86. The second kappa shape index (κ2) is 7.08. The van der Waals surface area contributed by atoms with Gasteiger partial charge in [-0.25, -0.2) is 9.97 Å². The van der Waals surface area contributed by atoms with Crippen LogP contribution in [0.15, 0.2) is 11.5 Å². The minimum absolute atomic E-state index is 0.0177. The van der Waals surface area contributed by atoms with Crippen LogP contribution in [0.1, 0.15) is 29.2 Å². The molecule has 7 nitrogen and oxygen atoms in total. The number of aryl methyl sites for hydroxylation is 3. The highest BCUT2D eigenvalue weighted by Crippen LogP contribution is 2.22. The van der Waals surface area contributed by atoms with Gasteiger partial charge in [-0.15, -0.1) is 10.2 Å². The zero-order valence-corrected chi connectivity index (χ0v) is 14.2. The smallest absolute Gasteiger partial charge is 0.230 e. The van der Waals surface area contributed by atoms with Crippen LogP contribution >= 0.6 is 11.8 Å². The first-order valence-electron chi connectivity index (χ1n) is 7.72. The van der Waals surface area contributed by atoms with Gasteiger partial charge in [0.05, 0.1) is 5.75 Å². The summed E-state index contributed by atoms with van der Waals surface area (Å²) in [6, 6.07) is 0. The molecule has 1 amide bonds. The normalized spacial score (nSPS) is 13.1. The number of nitrogens with one attached hydrogen (secondary N) is 1. The van der Waals surface area contributed by atoms with E-state index in [0.29, 0.717) is 18.7 Å². The molecule has 0 saturated carbocycles. The van der Waals surface area contributed by atoms with Crippen molar-refractivity contribution in [2.45, 2.75) is 37.8 Å². The van der Waals surface area contributed by atoms with E-state index in [1.54, 1.807) is 10.9 Å². The third kappa shape index (κ3) is 3.87. The highest BCUT2D eigenvalue weighted by Gasteiger charge is 2.16. The number of carbonyl (C=O) groups excluding carboxylic acids is 1. The van der Waals surface area contributed by atoms with E-state index in [4.69, 9.17) is 0 Å². The fraction of sp³-hybridized carbons (Fsp3) is 0.533. The Balaban J connectivity index is 1.45. The number of nitrogens with zero attached hydrogens (tertiary/aromatic N) is 5. The number of hydrogen-bond acceptors (Lipinski definition) is 6. The molecule has 0 saturated heterocycles. The Kier molecular flexibility index (Phi) is 4.90. The summed E-state index contributed by atoms with van der Waals surface area (Å²) in [5, 5.41) is 11.4. The van der Waals surface area contributed by atoms with Gasteiger partial charge in [-0.1, -0.05) is 11.8 Å². The standard InChI is InChI=1S/C15H20N6OS/c1-10-11-4-3-5-12(11)19-13(18-10)6-7-16-14(22)8-23-15-20-17-9-21(15)2/h9H,3-8H2,1-2H3,(H,16,22). The summed E-state index contributed by atoms with van der Waals surface area (Å²) in [4.78, 5) is 21.0. The van der Waals surface area contributed by atoms with Gasteiger partial charge in [0.25, 0.3) is 0 Å². The molecule has 0 unspecified atom stereocenters. The van der Waals surface area contributed by atoms with Gasteiger partial charge in [0.15, 0.2) is 5.16 Å². The maximum atomic E-state index is 11.9. The van der Waals surface area contributed by atoms with Crippen LogP contribution < -0.4 is 5.32 Å². The van der Waals surface area contributed by atoms with Gasteiger partial charge in [-0.05, 0) is 31.7 Å². The molecule has 1 aliphatic rings. The summed E-state index contributed by atoms with van der Waals surface area (Å²) < 4.78 is 1.79. The lowest BCUT2D eigenvalue weighted by atomic mass is 10.2. The quantitative estimate of drug-likeness (QED) is 0.790. The summed E-state index contributed by atoms with van der Waals surface area (Å²) in [6.07, 6.45) is 5.59. The van der Waals surface area contributed by atoms with Gasteiger partial charge in [0.2, 0.25) is 5.91 Å². The maximum absolute atomic E-state index is 11.9.